The number of benzene rings is 4. The molecule has 0 heteroatoms. The van der Waals surface area contributed by atoms with Crippen molar-refractivity contribution in [3.8, 4) is 22.3 Å². The highest BCUT2D eigenvalue weighted by Crippen LogP contribution is 2.42. The molecular weight excluding hydrogens is 300 g/mol. The highest BCUT2D eigenvalue weighted by atomic mass is 14.2. The highest BCUT2D eigenvalue weighted by molar-refractivity contribution is 6.05. The van der Waals surface area contributed by atoms with Crippen molar-refractivity contribution in [1.29, 1.82) is 0 Å². The van der Waals surface area contributed by atoms with Crippen molar-refractivity contribution in [1.82, 2.24) is 0 Å². The Hall–Kier alpha value is -2.86. The molecule has 25 heavy (non-hydrogen) atoms. The first-order valence-electron chi connectivity index (χ1n) is 8.92. The molecule has 122 valence electrons. The van der Waals surface area contributed by atoms with Crippen molar-refractivity contribution < 1.29 is 0 Å². The van der Waals surface area contributed by atoms with Gasteiger partial charge in [0.05, 0.1) is 0 Å². The van der Waals surface area contributed by atoms with Gasteiger partial charge in [0, 0.05) is 0 Å². The summed E-state index contributed by atoms with van der Waals surface area (Å²) in [4.78, 5) is 0. The average Bonchev–Trinajstić information content (AvgIpc) is 2.67. The van der Waals surface area contributed by atoms with Gasteiger partial charge < -0.3 is 0 Å². The Morgan fingerprint density at radius 1 is 0.560 bits per heavy atom. The molecule has 0 aliphatic heterocycles. The Kier molecular flexibility index (Phi) is 4.11. The van der Waals surface area contributed by atoms with Crippen molar-refractivity contribution in [2.75, 3.05) is 0 Å². The third kappa shape index (κ3) is 2.85. The summed E-state index contributed by atoms with van der Waals surface area (Å²) in [5, 5.41) is 2.63. The Labute approximate surface area is 149 Å². The Bertz CT molecular complexity index is 996. The SMILES string of the molecule is CC(C)c1cc2ccccc2c(-c2ccccc2)c1-c1ccccc1. The van der Waals surface area contributed by atoms with Crippen LogP contribution in [-0.4, -0.2) is 0 Å². The second kappa shape index (κ2) is 6.57. The van der Waals surface area contributed by atoms with Crippen LogP contribution in [0.4, 0.5) is 0 Å². The van der Waals surface area contributed by atoms with Crippen molar-refractivity contribution in [3.63, 3.8) is 0 Å². The predicted molar refractivity (Wildman–Crippen MR) is 109 cm³/mol. The number of rotatable bonds is 3. The Balaban J connectivity index is 2.18. The van der Waals surface area contributed by atoms with Gasteiger partial charge in [-0.1, -0.05) is 105 Å². The fourth-order valence-electron chi connectivity index (χ4n) is 3.65. The van der Waals surface area contributed by atoms with Crippen LogP contribution in [0.1, 0.15) is 25.3 Å². The van der Waals surface area contributed by atoms with Crippen LogP contribution in [0.5, 0.6) is 0 Å². The van der Waals surface area contributed by atoms with Crippen LogP contribution >= 0.6 is 0 Å². The van der Waals surface area contributed by atoms with Gasteiger partial charge in [0.25, 0.3) is 0 Å². The van der Waals surface area contributed by atoms with Crippen LogP contribution in [0.2, 0.25) is 0 Å². The van der Waals surface area contributed by atoms with E-state index in [-0.39, 0.29) is 0 Å². The van der Waals surface area contributed by atoms with Crippen LogP contribution in [-0.2, 0) is 0 Å². The summed E-state index contributed by atoms with van der Waals surface area (Å²) in [6, 6.07) is 32.7. The normalized spacial score (nSPS) is 11.2. The molecule has 4 aromatic carbocycles. The molecule has 0 aliphatic carbocycles. The number of hydrogen-bond donors (Lipinski definition) is 0. The molecule has 0 spiro atoms. The summed E-state index contributed by atoms with van der Waals surface area (Å²) in [7, 11) is 0. The van der Waals surface area contributed by atoms with Crippen molar-refractivity contribution >= 4 is 10.8 Å². The van der Waals surface area contributed by atoms with E-state index < -0.39 is 0 Å². The van der Waals surface area contributed by atoms with Gasteiger partial charge in [0.1, 0.15) is 0 Å². The Morgan fingerprint density at radius 3 is 1.68 bits per heavy atom. The standard InChI is InChI=1S/C25H22/c1-18(2)23-17-21-15-9-10-16-22(21)24(19-11-5-3-6-12-19)25(23)20-13-7-4-8-14-20/h3-18H,1-2H3. The van der Waals surface area contributed by atoms with E-state index in [9.17, 15) is 0 Å². The smallest absolute Gasteiger partial charge is 0.00239 e. The second-order valence-electron chi connectivity index (χ2n) is 6.82. The van der Waals surface area contributed by atoms with Gasteiger partial charge in [-0.3, -0.25) is 0 Å². The number of hydrogen-bond acceptors (Lipinski definition) is 0. The molecule has 0 nitrogen and oxygen atoms in total. The zero-order chi connectivity index (χ0) is 17.2. The third-order valence-electron chi connectivity index (χ3n) is 4.83. The summed E-state index contributed by atoms with van der Waals surface area (Å²) < 4.78 is 0. The predicted octanol–water partition coefficient (Wildman–Crippen LogP) is 7.30. The molecule has 0 fully saturated rings. The quantitative estimate of drug-likeness (QED) is 0.371. The van der Waals surface area contributed by atoms with Gasteiger partial charge in [-0.2, -0.15) is 0 Å². The van der Waals surface area contributed by atoms with E-state index in [0.717, 1.165) is 0 Å². The van der Waals surface area contributed by atoms with Gasteiger partial charge in [0.15, 0.2) is 0 Å². The van der Waals surface area contributed by atoms with Gasteiger partial charge >= 0.3 is 0 Å². The zero-order valence-corrected chi connectivity index (χ0v) is 14.7. The lowest BCUT2D eigenvalue weighted by Gasteiger charge is -2.21. The van der Waals surface area contributed by atoms with Crippen molar-refractivity contribution in [2.45, 2.75) is 19.8 Å². The van der Waals surface area contributed by atoms with E-state index in [1.165, 1.54) is 38.6 Å². The van der Waals surface area contributed by atoms with Crippen LogP contribution in [0, 0.1) is 0 Å². The molecule has 0 heterocycles. The molecule has 0 unspecified atom stereocenters. The molecule has 0 aliphatic rings. The lowest BCUT2D eigenvalue weighted by atomic mass is 9.83. The molecule has 0 saturated carbocycles. The van der Waals surface area contributed by atoms with Gasteiger partial charge in [-0.15, -0.1) is 0 Å². The summed E-state index contributed by atoms with van der Waals surface area (Å²) in [5.41, 5.74) is 6.67. The first-order chi connectivity index (χ1) is 12.3. The minimum absolute atomic E-state index is 0.460. The maximum absolute atomic E-state index is 2.37. The molecular formula is C25H22. The second-order valence-corrected chi connectivity index (χ2v) is 6.82. The van der Waals surface area contributed by atoms with Gasteiger partial charge in [0.2, 0.25) is 0 Å². The molecule has 0 amide bonds. The lowest BCUT2D eigenvalue weighted by molar-refractivity contribution is 0.871. The molecule has 4 aromatic rings. The molecule has 0 aromatic heterocycles. The molecule has 4 rings (SSSR count). The third-order valence-corrected chi connectivity index (χ3v) is 4.83. The van der Waals surface area contributed by atoms with Crippen LogP contribution in [0.3, 0.4) is 0 Å². The maximum atomic E-state index is 2.37. The van der Waals surface area contributed by atoms with Crippen LogP contribution in [0.25, 0.3) is 33.0 Å². The van der Waals surface area contributed by atoms with E-state index in [4.69, 9.17) is 0 Å². The van der Waals surface area contributed by atoms with Gasteiger partial charge in [-0.05, 0) is 44.5 Å². The van der Waals surface area contributed by atoms with E-state index in [1.54, 1.807) is 0 Å². The first kappa shape index (κ1) is 15.7. The highest BCUT2D eigenvalue weighted by Gasteiger charge is 2.18. The fourth-order valence-corrected chi connectivity index (χ4v) is 3.65. The molecule has 0 radical (unpaired) electrons. The number of fused-ring (bicyclic) bond motifs is 1. The minimum Gasteiger partial charge on any atom is -0.0622 e. The fraction of sp³-hybridized carbons (Fsp3) is 0.120. The minimum atomic E-state index is 0.460. The molecule has 0 bridgehead atoms. The van der Waals surface area contributed by atoms with E-state index >= 15 is 0 Å². The lowest BCUT2D eigenvalue weighted by Crippen LogP contribution is -1.97. The van der Waals surface area contributed by atoms with E-state index in [0.29, 0.717) is 5.92 Å². The van der Waals surface area contributed by atoms with Crippen LogP contribution < -0.4 is 0 Å². The largest absolute Gasteiger partial charge is 0.0622 e. The van der Waals surface area contributed by atoms with Gasteiger partial charge in [-0.25, -0.2) is 0 Å². The maximum Gasteiger partial charge on any atom is -0.00239 e. The monoisotopic (exact) mass is 322 g/mol. The zero-order valence-electron chi connectivity index (χ0n) is 14.7. The summed E-state index contributed by atoms with van der Waals surface area (Å²) in [6.07, 6.45) is 0. The van der Waals surface area contributed by atoms with E-state index in [1.807, 2.05) is 0 Å². The molecule has 0 atom stereocenters. The molecule has 0 saturated heterocycles. The summed E-state index contributed by atoms with van der Waals surface area (Å²) >= 11 is 0. The van der Waals surface area contributed by atoms with Crippen molar-refractivity contribution in [2.24, 2.45) is 0 Å². The van der Waals surface area contributed by atoms with Crippen LogP contribution in [0.15, 0.2) is 91.0 Å². The molecule has 0 N–H and O–H groups in total. The summed E-state index contributed by atoms with van der Waals surface area (Å²) in [6.45, 7) is 4.57. The van der Waals surface area contributed by atoms with Crippen molar-refractivity contribution in [3.05, 3.63) is 96.6 Å². The summed E-state index contributed by atoms with van der Waals surface area (Å²) in [5.74, 6) is 0.460. The average molecular weight is 322 g/mol. The van der Waals surface area contributed by atoms with E-state index in [2.05, 4.69) is 105 Å². The Morgan fingerprint density at radius 2 is 1.08 bits per heavy atom. The topological polar surface area (TPSA) is 0 Å². The first-order valence-corrected chi connectivity index (χ1v) is 8.92.